The number of rotatable bonds is 10. The first-order valence-electron chi connectivity index (χ1n) is 8.70. The molecule has 0 unspecified atom stereocenters. The molecule has 0 aliphatic carbocycles. The molecule has 0 spiro atoms. The maximum Gasteiger partial charge on any atom is 0.306 e. The fourth-order valence-corrected chi connectivity index (χ4v) is 2.35. The maximum atomic E-state index is 11.7. The summed E-state index contributed by atoms with van der Waals surface area (Å²) in [6.07, 6.45) is 0.645. The molecule has 0 radical (unpaired) electrons. The molecule has 0 saturated carbocycles. The van der Waals surface area contributed by atoms with Crippen molar-refractivity contribution in [3.05, 3.63) is 71.8 Å². The Hall–Kier alpha value is -2.66. The Morgan fingerprint density at radius 3 is 1.50 bits per heavy atom. The molecule has 0 aromatic heterocycles. The van der Waals surface area contributed by atoms with Gasteiger partial charge in [-0.05, 0) is 24.0 Å². The topological polar surface area (TPSA) is 72.8 Å². The zero-order valence-corrected chi connectivity index (χ0v) is 14.7. The summed E-state index contributed by atoms with van der Waals surface area (Å²) < 4.78 is 10.0. The smallest absolute Gasteiger partial charge is 0.306 e. The predicted octanol–water partition coefficient (Wildman–Crippen LogP) is 2.70. The Bertz CT molecular complexity index is 610. The van der Waals surface area contributed by atoms with Gasteiger partial charge in [0.1, 0.15) is 19.3 Å². The lowest BCUT2D eigenvalue weighted by Crippen LogP contribution is -2.25. The fourth-order valence-electron chi connectivity index (χ4n) is 2.35. The average molecular weight is 356 g/mol. The number of carbonyl (C=O) groups excluding carboxylic acids is 2. The third-order valence-electron chi connectivity index (χ3n) is 3.79. The van der Waals surface area contributed by atoms with Crippen molar-refractivity contribution < 1.29 is 24.2 Å². The van der Waals surface area contributed by atoms with Gasteiger partial charge in [0.2, 0.25) is 0 Å². The quantitative estimate of drug-likeness (QED) is 0.663. The minimum Gasteiger partial charge on any atom is -0.463 e. The van der Waals surface area contributed by atoms with E-state index in [0.29, 0.717) is 12.8 Å². The Morgan fingerprint density at radius 1 is 0.731 bits per heavy atom. The van der Waals surface area contributed by atoms with Crippen LogP contribution >= 0.6 is 0 Å². The number of aliphatic hydroxyl groups is 1. The van der Waals surface area contributed by atoms with Crippen LogP contribution < -0.4 is 0 Å². The Balaban J connectivity index is 1.55. The number of ether oxygens (including phenoxy) is 2. The maximum absolute atomic E-state index is 11.7. The molecule has 2 rings (SSSR count). The van der Waals surface area contributed by atoms with Gasteiger partial charge in [0.15, 0.2) is 0 Å². The molecule has 0 amide bonds. The van der Waals surface area contributed by atoms with E-state index in [1.54, 1.807) is 0 Å². The second-order valence-electron chi connectivity index (χ2n) is 5.99. The summed E-state index contributed by atoms with van der Waals surface area (Å²) in [7, 11) is 0. The van der Waals surface area contributed by atoms with Gasteiger partial charge < -0.3 is 14.6 Å². The summed E-state index contributed by atoms with van der Waals surface area (Å²) in [6.45, 7) is -0.362. The van der Waals surface area contributed by atoms with Gasteiger partial charge in [-0.3, -0.25) is 9.59 Å². The Morgan fingerprint density at radius 2 is 1.12 bits per heavy atom. The van der Waals surface area contributed by atoms with Crippen LogP contribution in [0.15, 0.2) is 60.7 Å². The van der Waals surface area contributed by atoms with Gasteiger partial charge in [0.25, 0.3) is 0 Å². The highest BCUT2D eigenvalue weighted by Gasteiger charge is 2.12. The van der Waals surface area contributed by atoms with E-state index in [2.05, 4.69) is 0 Å². The highest BCUT2D eigenvalue weighted by Crippen LogP contribution is 2.05. The summed E-state index contributed by atoms with van der Waals surface area (Å²) in [5.74, 6) is -0.772. The van der Waals surface area contributed by atoms with Crippen LogP contribution in [0.2, 0.25) is 0 Å². The van der Waals surface area contributed by atoms with Crippen LogP contribution in [0.4, 0.5) is 0 Å². The molecule has 138 valence electrons. The van der Waals surface area contributed by atoms with Crippen LogP contribution in [0.5, 0.6) is 0 Å². The van der Waals surface area contributed by atoms with Crippen molar-refractivity contribution >= 4 is 11.9 Å². The molecule has 0 bridgehead atoms. The first kappa shape index (κ1) is 19.7. The average Bonchev–Trinajstić information content (AvgIpc) is 2.69. The number of hydrogen-bond acceptors (Lipinski definition) is 5. The molecule has 5 nitrogen and oxygen atoms in total. The number of aryl methyl sites for hydroxylation is 2. The van der Waals surface area contributed by atoms with Gasteiger partial charge in [-0.2, -0.15) is 0 Å². The third-order valence-corrected chi connectivity index (χ3v) is 3.79. The first-order valence-corrected chi connectivity index (χ1v) is 8.70. The fraction of sp³-hybridized carbons (Fsp3) is 0.333. The number of aliphatic hydroxyl groups excluding tert-OH is 1. The highest BCUT2D eigenvalue weighted by atomic mass is 16.6. The van der Waals surface area contributed by atoms with Crippen LogP contribution in [0.25, 0.3) is 0 Å². The first-order chi connectivity index (χ1) is 12.6. The zero-order valence-electron chi connectivity index (χ0n) is 14.7. The van der Waals surface area contributed by atoms with Gasteiger partial charge in [0, 0.05) is 12.8 Å². The summed E-state index contributed by atoms with van der Waals surface area (Å²) in [5.41, 5.74) is 2.11. The molecule has 0 aliphatic rings. The van der Waals surface area contributed by atoms with Gasteiger partial charge in [-0.15, -0.1) is 0 Å². The van der Waals surface area contributed by atoms with Crippen molar-refractivity contribution in [1.82, 2.24) is 0 Å². The van der Waals surface area contributed by atoms with Crippen molar-refractivity contribution in [3.8, 4) is 0 Å². The van der Waals surface area contributed by atoms with Gasteiger partial charge in [-0.1, -0.05) is 60.7 Å². The number of esters is 2. The summed E-state index contributed by atoms with van der Waals surface area (Å²) in [4.78, 5) is 23.4. The standard InChI is InChI=1S/C21H24O5/c22-19(15-25-20(23)13-11-17-7-3-1-4-8-17)16-26-21(24)14-12-18-9-5-2-6-10-18/h1-10,19,22H,11-16H2. The predicted molar refractivity (Wildman–Crippen MR) is 97.5 cm³/mol. The molecule has 26 heavy (non-hydrogen) atoms. The molecule has 5 heteroatoms. The van der Waals surface area contributed by atoms with Crippen molar-refractivity contribution in [3.63, 3.8) is 0 Å². The van der Waals surface area contributed by atoms with Gasteiger partial charge in [0.05, 0.1) is 0 Å². The van der Waals surface area contributed by atoms with Crippen LogP contribution in [-0.4, -0.2) is 36.4 Å². The lowest BCUT2D eigenvalue weighted by Gasteiger charge is -2.12. The van der Waals surface area contributed by atoms with Crippen molar-refractivity contribution in [2.75, 3.05) is 13.2 Å². The normalized spacial score (nSPS) is 10.5. The van der Waals surface area contributed by atoms with E-state index in [1.165, 1.54) is 0 Å². The van der Waals surface area contributed by atoms with Crippen LogP contribution in [0.1, 0.15) is 24.0 Å². The second-order valence-corrected chi connectivity index (χ2v) is 5.99. The van der Waals surface area contributed by atoms with E-state index in [4.69, 9.17) is 9.47 Å². The van der Waals surface area contributed by atoms with E-state index in [-0.39, 0.29) is 38.0 Å². The molecule has 0 fully saturated rings. The molecule has 0 heterocycles. The van der Waals surface area contributed by atoms with E-state index >= 15 is 0 Å². The summed E-state index contributed by atoms with van der Waals surface area (Å²) in [6, 6.07) is 19.3. The minimum absolute atomic E-state index is 0.181. The summed E-state index contributed by atoms with van der Waals surface area (Å²) >= 11 is 0. The molecule has 2 aromatic carbocycles. The van der Waals surface area contributed by atoms with E-state index in [0.717, 1.165) is 11.1 Å². The van der Waals surface area contributed by atoms with E-state index < -0.39 is 6.10 Å². The zero-order chi connectivity index (χ0) is 18.6. The van der Waals surface area contributed by atoms with E-state index in [9.17, 15) is 14.7 Å². The lowest BCUT2D eigenvalue weighted by atomic mass is 10.1. The molecule has 2 aromatic rings. The molecule has 0 atom stereocenters. The minimum atomic E-state index is -1.02. The molecule has 1 N–H and O–H groups in total. The molecule has 0 saturated heterocycles. The van der Waals surface area contributed by atoms with Crippen LogP contribution in [0.3, 0.4) is 0 Å². The summed E-state index contributed by atoms with van der Waals surface area (Å²) in [5, 5.41) is 9.76. The van der Waals surface area contributed by atoms with Crippen LogP contribution in [-0.2, 0) is 31.9 Å². The Kier molecular flexibility index (Phi) is 8.36. The number of carbonyl (C=O) groups is 2. The third kappa shape index (κ3) is 7.94. The Labute approximate surface area is 153 Å². The van der Waals surface area contributed by atoms with Gasteiger partial charge in [-0.25, -0.2) is 0 Å². The lowest BCUT2D eigenvalue weighted by molar-refractivity contribution is -0.152. The molecular formula is C21H24O5. The SMILES string of the molecule is O=C(CCc1ccccc1)OCC(O)COC(=O)CCc1ccccc1. The van der Waals surface area contributed by atoms with Crippen molar-refractivity contribution in [2.24, 2.45) is 0 Å². The monoisotopic (exact) mass is 356 g/mol. The van der Waals surface area contributed by atoms with E-state index in [1.807, 2.05) is 60.7 Å². The largest absolute Gasteiger partial charge is 0.463 e. The van der Waals surface area contributed by atoms with Crippen LogP contribution in [0, 0.1) is 0 Å². The number of benzene rings is 2. The highest BCUT2D eigenvalue weighted by molar-refractivity contribution is 5.70. The number of hydrogen-bond donors (Lipinski definition) is 1. The van der Waals surface area contributed by atoms with Crippen molar-refractivity contribution in [1.29, 1.82) is 0 Å². The van der Waals surface area contributed by atoms with Gasteiger partial charge >= 0.3 is 11.9 Å². The second kappa shape index (κ2) is 11.1. The molecular weight excluding hydrogens is 332 g/mol. The molecule has 0 aliphatic heterocycles. The van der Waals surface area contributed by atoms with Crippen molar-refractivity contribution in [2.45, 2.75) is 31.8 Å².